The number of fused-ring (bicyclic) bond motifs is 1. The molecule has 0 fully saturated rings. The molecule has 0 unspecified atom stereocenters. The highest BCUT2D eigenvalue weighted by Crippen LogP contribution is 2.18. The Morgan fingerprint density at radius 2 is 1.95 bits per heavy atom. The van der Waals surface area contributed by atoms with Gasteiger partial charge in [0.25, 0.3) is 0 Å². The van der Waals surface area contributed by atoms with Crippen LogP contribution in [0.3, 0.4) is 0 Å². The molecule has 0 bridgehead atoms. The highest BCUT2D eigenvalue weighted by Gasteiger charge is 2.07. The van der Waals surface area contributed by atoms with E-state index in [9.17, 15) is 9.90 Å². The van der Waals surface area contributed by atoms with Crippen LogP contribution in [0.25, 0.3) is 22.9 Å². The molecular formula is C17H12BrNO3. The normalized spacial score (nSPS) is 11.8. The predicted octanol–water partition coefficient (Wildman–Crippen LogP) is 4.32. The number of halogens is 1. The Labute approximate surface area is 134 Å². The van der Waals surface area contributed by atoms with E-state index >= 15 is 0 Å². The minimum atomic E-state index is -0.583. The summed E-state index contributed by atoms with van der Waals surface area (Å²) in [5, 5.41) is 10.1. The van der Waals surface area contributed by atoms with E-state index in [4.69, 9.17) is 4.42 Å². The molecule has 3 aromatic rings. The van der Waals surface area contributed by atoms with Gasteiger partial charge in [-0.15, -0.1) is 0 Å². The molecule has 0 aliphatic heterocycles. The summed E-state index contributed by atoms with van der Waals surface area (Å²) in [7, 11) is 0. The van der Waals surface area contributed by atoms with Crippen LogP contribution in [-0.2, 0) is 0 Å². The molecule has 22 heavy (non-hydrogen) atoms. The standard InChI is InChI=1S/C17H12BrNO3/c1-10-2-7-16-13(8-10)19-14(17(21)22-16)9-15(20)11-3-5-12(18)6-4-11/h2-9,20H,1H3/b15-9-. The molecule has 1 N–H and O–H groups in total. The molecule has 0 aliphatic carbocycles. The Kier molecular flexibility index (Phi) is 3.81. The van der Waals surface area contributed by atoms with Crippen molar-refractivity contribution in [1.29, 1.82) is 0 Å². The van der Waals surface area contributed by atoms with Gasteiger partial charge >= 0.3 is 5.63 Å². The summed E-state index contributed by atoms with van der Waals surface area (Å²) < 4.78 is 6.13. The van der Waals surface area contributed by atoms with Crippen LogP contribution in [0.5, 0.6) is 0 Å². The van der Waals surface area contributed by atoms with Crippen molar-refractivity contribution in [2.75, 3.05) is 0 Å². The van der Waals surface area contributed by atoms with Crippen molar-refractivity contribution in [3.05, 3.63) is 74.2 Å². The van der Waals surface area contributed by atoms with Crippen molar-refractivity contribution < 1.29 is 9.52 Å². The topological polar surface area (TPSA) is 63.3 Å². The minimum absolute atomic E-state index is 0.0423. The maximum absolute atomic E-state index is 11.9. The van der Waals surface area contributed by atoms with Crippen LogP contribution < -0.4 is 5.63 Å². The maximum atomic E-state index is 11.9. The fourth-order valence-electron chi connectivity index (χ4n) is 2.05. The van der Waals surface area contributed by atoms with Crippen LogP contribution in [0.2, 0.25) is 0 Å². The zero-order chi connectivity index (χ0) is 15.7. The highest BCUT2D eigenvalue weighted by molar-refractivity contribution is 9.10. The Morgan fingerprint density at radius 3 is 2.68 bits per heavy atom. The molecule has 1 aromatic heterocycles. The number of nitrogens with zero attached hydrogens (tertiary/aromatic N) is 1. The molecule has 0 radical (unpaired) electrons. The first-order chi connectivity index (χ1) is 10.5. The van der Waals surface area contributed by atoms with Crippen LogP contribution in [0.4, 0.5) is 0 Å². The maximum Gasteiger partial charge on any atom is 0.362 e. The van der Waals surface area contributed by atoms with Crippen molar-refractivity contribution in [3.8, 4) is 0 Å². The lowest BCUT2D eigenvalue weighted by Gasteiger charge is -2.02. The largest absolute Gasteiger partial charge is 0.507 e. The van der Waals surface area contributed by atoms with Gasteiger partial charge in [0.15, 0.2) is 11.3 Å². The van der Waals surface area contributed by atoms with Gasteiger partial charge in [-0.3, -0.25) is 0 Å². The number of benzene rings is 2. The average Bonchev–Trinajstić information content (AvgIpc) is 2.49. The van der Waals surface area contributed by atoms with Crippen molar-refractivity contribution in [3.63, 3.8) is 0 Å². The van der Waals surface area contributed by atoms with Gasteiger partial charge in [-0.05, 0) is 36.8 Å². The quantitative estimate of drug-likeness (QED) is 0.694. The van der Waals surface area contributed by atoms with Crippen molar-refractivity contribution >= 4 is 38.9 Å². The second kappa shape index (κ2) is 5.77. The van der Waals surface area contributed by atoms with Gasteiger partial charge in [-0.1, -0.05) is 34.1 Å². The van der Waals surface area contributed by atoms with E-state index in [1.54, 1.807) is 30.3 Å². The first-order valence-corrected chi connectivity index (χ1v) is 7.40. The highest BCUT2D eigenvalue weighted by atomic mass is 79.9. The summed E-state index contributed by atoms with van der Waals surface area (Å²) in [4.78, 5) is 16.2. The van der Waals surface area contributed by atoms with E-state index in [1.165, 1.54) is 6.08 Å². The molecule has 0 saturated carbocycles. The van der Waals surface area contributed by atoms with Gasteiger partial charge in [0.2, 0.25) is 0 Å². The van der Waals surface area contributed by atoms with Gasteiger partial charge in [0, 0.05) is 16.1 Å². The molecule has 0 atom stereocenters. The minimum Gasteiger partial charge on any atom is -0.507 e. The number of hydrogen-bond donors (Lipinski definition) is 1. The summed E-state index contributed by atoms with van der Waals surface area (Å²) in [5.41, 5.74) is 2.10. The summed E-state index contributed by atoms with van der Waals surface area (Å²) in [5.74, 6) is -0.0423. The molecule has 0 amide bonds. The Bertz CT molecular complexity index is 927. The SMILES string of the molecule is Cc1ccc2oc(=O)c(/C=C(\O)c3ccc(Br)cc3)nc2c1. The summed E-state index contributed by atoms with van der Waals surface area (Å²) in [6.45, 7) is 1.93. The molecular weight excluding hydrogens is 346 g/mol. The fraction of sp³-hybridized carbons (Fsp3) is 0.0588. The van der Waals surface area contributed by atoms with Crippen LogP contribution in [-0.4, -0.2) is 10.1 Å². The number of aliphatic hydroxyl groups is 1. The third kappa shape index (κ3) is 2.94. The van der Waals surface area contributed by atoms with E-state index in [1.807, 2.05) is 19.1 Å². The molecule has 110 valence electrons. The predicted molar refractivity (Wildman–Crippen MR) is 89.7 cm³/mol. The molecule has 4 nitrogen and oxygen atoms in total. The Morgan fingerprint density at radius 1 is 1.23 bits per heavy atom. The number of aliphatic hydroxyl groups excluding tert-OH is 1. The lowest BCUT2D eigenvalue weighted by Crippen LogP contribution is -2.06. The van der Waals surface area contributed by atoms with Gasteiger partial charge in [-0.2, -0.15) is 0 Å². The smallest absolute Gasteiger partial charge is 0.362 e. The molecule has 5 heteroatoms. The van der Waals surface area contributed by atoms with Crippen molar-refractivity contribution in [1.82, 2.24) is 4.98 Å². The molecule has 1 heterocycles. The number of aryl methyl sites for hydroxylation is 1. The Hall–Kier alpha value is -2.40. The molecule has 0 saturated heterocycles. The van der Waals surface area contributed by atoms with E-state index in [-0.39, 0.29) is 11.5 Å². The summed E-state index contributed by atoms with van der Waals surface area (Å²) >= 11 is 3.33. The molecule has 0 spiro atoms. The monoisotopic (exact) mass is 357 g/mol. The lowest BCUT2D eigenvalue weighted by atomic mass is 10.1. The van der Waals surface area contributed by atoms with Crippen LogP contribution >= 0.6 is 15.9 Å². The first kappa shape index (κ1) is 14.5. The number of hydrogen-bond acceptors (Lipinski definition) is 4. The molecule has 3 rings (SSSR count). The zero-order valence-corrected chi connectivity index (χ0v) is 13.3. The third-order valence-corrected chi connectivity index (χ3v) is 3.71. The van der Waals surface area contributed by atoms with Crippen LogP contribution in [0.1, 0.15) is 16.8 Å². The van der Waals surface area contributed by atoms with Gasteiger partial charge in [-0.25, -0.2) is 9.78 Å². The van der Waals surface area contributed by atoms with Crippen LogP contribution in [0.15, 0.2) is 56.1 Å². The Balaban J connectivity index is 2.09. The van der Waals surface area contributed by atoms with Gasteiger partial charge in [0.05, 0.1) is 0 Å². The number of aromatic nitrogens is 1. The second-order valence-electron chi connectivity index (χ2n) is 4.89. The van der Waals surface area contributed by atoms with E-state index < -0.39 is 5.63 Å². The molecule has 0 aliphatic rings. The average molecular weight is 358 g/mol. The van der Waals surface area contributed by atoms with Gasteiger partial charge < -0.3 is 9.52 Å². The van der Waals surface area contributed by atoms with E-state index in [0.29, 0.717) is 16.7 Å². The third-order valence-electron chi connectivity index (χ3n) is 3.18. The van der Waals surface area contributed by atoms with E-state index in [2.05, 4.69) is 20.9 Å². The van der Waals surface area contributed by atoms with Crippen molar-refractivity contribution in [2.24, 2.45) is 0 Å². The summed E-state index contributed by atoms with van der Waals surface area (Å²) in [6.07, 6.45) is 1.32. The lowest BCUT2D eigenvalue weighted by molar-refractivity contribution is 0.514. The van der Waals surface area contributed by atoms with Crippen LogP contribution in [0, 0.1) is 6.92 Å². The zero-order valence-electron chi connectivity index (χ0n) is 11.7. The number of rotatable bonds is 2. The van der Waals surface area contributed by atoms with Gasteiger partial charge in [0.1, 0.15) is 11.3 Å². The molecule has 2 aromatic carbocycles. The van der Waals surface area contributed by atoms with Crippen molar-refractivity contribution in [2.45, 2.75) is 6.92 Å². The summed E-state index contributed by atoms with van der Waals surface area (Å²) in [6, 6.07) is 12.5. The first-order valence-electron chi connectivity index (χ1n) is 6.61. The second-order valence-corrected chi connectivity index (χ2v) is 5.81. The fourth-order valence-corrected chi connectivity index (χ4v) is 2.32. The van der Waals surface area contributed by atoms with E-state index in [0.717, 1.165) is 10.0 Å².